The molecule has 156 valence electrons. The third-order valence-electron chi connectivity index (χ3n) is 5.28. The maximum atomic E-state index is 13.3. The van der Waals surface area contributed by atoms with Gasteiger partial charge in [0.05, 0.1) is 6.04 Å². The largest absolute Gasteiger partial charge is 0.351 e. The second-order valence-corrected chi connectivity index (χ2v) is 8.35. The summed E-state index contributed by atoms with van der Waals surface area (Å²) >= 11 is 1.15. The van der Waals surface area contributed by atoms with Gasteiger partial charge in [-0.2, -0.15) is 0 Å². The van der Waals surface area contributed by atoms with Crippen molar-refractivity contribution in [2.24, 2.45) is 0 Å². The average Bonchev–Trinajstić information content (AvgIpc) is 3.51. The van der Waals surface area contributed by atoms with E-state index in [2.05, 4.69) is 20.5 Å². The van der Waals surface area contributed by atoms with Crippen molar-refractivity contribution in [3.05, 3.63) is 76.1 Å². The minimum absolute atomic E-state index is 0.0975. The van der Waals surface area contributed by atoms with E-state index >= 15 is 0 Å². The van der Waals surface area contributed by atoms with E-state index in [1.165, 1.54) is 18.2 Å². The summed E-state index contributed by atoms with van der Waals surface area (Å²) in [5, 5.41) is 12.6. The molecule has 9 heteroatoms. The first-order chi connectivity index (χ1) is 15.1. The molecule has 2 N–H and O–H groups in total. The first kappa shape index (κ1) is 19.4. The fraction of sp³-hybridized carbons (Fsp3) is 0.182. The molecule has 1 atom stereocenters. The third kappa shape index (κ3) is 3.79. The van der Waals surface area contributed by atoms with Crippen LogP contribution in [0.15, 0.2) is 54.6 Å². The van der Waals surface area contributed by atoms with Gasteiger partial charge in [0.25, 0.3) is 11.8 Å². The van der Waals surface area contributed by atoms with Crippen LogP contribution in [0, 0.1) is 5.82 Å². The number of anilines is 1. The topological polar surface area (TPSA) is 91.0 Å². The van der Waals surface area contributed by atoms with Gasteiger partial charge in [-0.05, 0) is 43.2 Å². The maximum Gasteiger partial charge on any atom is 0.286 e. The fourth-order valence-corrected chi connectivity index (χ4v) is 4.71. The molecule has 1 aliphatic rings. The lowest BCUT2D eigenvalue weighted by atomic mass is 10.2. The van der Waals surface area contributed by atoms with Crippen LogP contribution in [0.1, 0.15) is 44.2 Å². The second kappa shape index (κ2) is 7.92. The van der Waals surface area contributed by atoms with Crippen LogP contribution >= 0.6 is 11.3 Å². The number of carbonyl (C=O) groups is 2. The van der Waals surface area contributed by atoms with Crippen LogP contribution in [0.2, 0.25) is 0 Å². The molecule has 0 radical (unpaired) electrons. The summed E-state index contributed by atoms with van der Waals surface area (Å²) in [4.78, 5) is 30.6. The molecular formula is C22H18FN5O2S. The zero-order valence-electron chi connectivity index (χ0n) is 16.3. The summed E-state index contributed by atoms with van der Waals surface area (Å²) in [5.41, 5.74) is 1.79. The summed E-state index contributed by atoms with van der Waals surface area (Å²) in [6.07, 6.45) is 1.60. The van der Waals surface area contributed by atoms with Gasteiger partial charge in [0, 0.05) is 23.1 Å². The van der Waals surface area contributed by atoms with Gasteiger partial charge in [-0.25, -0.2) is 4.39 Å². The number of benzene rings is 2. The highest BCUT2D eigenvalue weighted by Crippen LogP contribution is 2.35. The van der Waals surface area contributed by atoms with Crippen molar-refractivity contribution in [1.82, 2.24) is 20.1 Å². The molecule has 0 saturated carbocycles. The van der Waals surface area contributed by atoms with E-state index in [4.69, 9.17) is 0 Å². The first-order valence-electron chi connectivity index (χ1n) is 9.87. The summed E-state index contributed by atoms with van der Waals surface area (Å²) in [6, 6.07) is 15.0. The number of aromatic amines is 1. The monoisotopic (exact) mass is 435 g/mol. The highest BCUT2D eigenvalue weighted by Gasteiger charge is 2.34. The number of nitrogens with one attached hydrogen (secondary N) is 2. The van der Waals surface area contributed by atoms with Crippen molar-refractivity contribution in [3.8, 4) is 0 Å². The number of halogens is 1. The number of fused-ring (bicyclic) bond motifs is 1. The predicted molar refractivity (Wildman–Crippen MR) is 116 cm³/mol. The molecule has 2 aromatic heterocycles. The van der Waals surface area contributed by atoms with E-state index in [0.717, 1.165) is 35.1 Å². The quantitative estimate of drug-likeness (QED) is 0.497. The van der Waals surface area contributed by atoms with Crippen LogP contribution in [-0.2, 0) is 0 Å². The Bertz CT molecular complexity index is 1250. The zero-order chi connectivity index (χ0) is 21.4. The Morgan fingerprint density at radius 1 is 1.13 bits per heavy atom. The number of hydrogen-bond acceptors (Lipinski definition) is 5. The number of amides is 2. The Labute approximate surface area is 180 Å². The van der Waals surface area contributed by atoms with Crippen LogP contribution in [0.4, 0.5) is 10.1 Å². The molecule has 4 aromatic rings. The Hall–Kier alpha value is -3.59. The number of para-hydroxylation sites is 1. The zero-order valence-corrected chi connectivity index (χ0v) is 17.2. The van der Waals surface area contributed by atoms with E-state index in [0.29, 0.717) is 22.9 Å². The molecule has 0 aliphatic carbocycles. The fourth-order valence-electron chi connectivity index (χ4n) is 3.82. The SMILES string of the molecule is O=C(Nc1cccc(F)c1)c1nnc(C2CCCN2C(=O)c2cc3ccccc3[nH]2)s1. The highest BCUT2D eigenvalue weighted by molar-refractivity contribution is 7.13. The van der Waals surface area contributed by atoms with Crippen LogP contribution in [-0.4, -0.2) is 38.4 Å². The number of nitrogens with zero attached hydrogens (tertiary/aromatic N) is 3. The third-order valence-corrected chi connectivity index (χ3v) is 6.30. The van der Waals surface area contributed by atoms with Crippen LogP contribution in [0.3, 0.4) is 0 Å². The molecule has 1 fully saturated rings. The number of carbonyl (C=O) groups excluding carboxylic acids is 2. The number of likely N-dealkylation sites (tertiary alicyclic amines) is 1. The minimum atomic E-state index is -0.458. The molecule has 1 unspecified atom stereocenters. The lowest BCUT2D eigenvalue weighted by molar-refractivity contribution is 0.0730. The maximum absolute atomic E-state index is 13.3. The lowest BCUT2D eigenvalue weighted by Crippen LogP contribution is -2.30. The minimum Gasteiger partial charge on any atom is -0.351 e. The molecule has 31 heavy (non-hydrogen) atoms. The summed E-state index contributed by atoms with van der Waals surface area (Å²) in [6.45, 7) is 0.614. The smallest absolute Gasteiger partial charge is 0.286 e. The van der Waals surface area contributed by atoms with Crippen molar-refractivity contribution in [3.63, 3.8) is 0 Å². The van der Waals surface area contributed by atoms with E-state index in [-0.39, 0.29) is 17.0 Å². The Balaban J connectivity index is 1.34. The van der Waals surface area contributed by atoms with Crippen LogP contribution < -0.4 is 5.32 Å². The molecule has 7 nitrogen and oxygen atoms in total. The molecule has 0 bridgehead atoms. The molecule has 3 heterocycles. The Morgan fingerprint density at radius 2 is 2.00 bits per heavy atom. The van der Waals surface area contributed by atoms with Gasteiger partial charge in [-0.15, -0.1) is 10.2 Å². The van der Waals surface area contributed by atoms with Gasteiger partial charge < -0.3 is 15.2 Å². The average molecular weight is 435 g/mol. The van der Waals surface area contributed by atoms with Crippen molar-refractivity contribution >= 4 is 39.7 Å². The molecule has 5 rings (SSSR count). The molecule has 2 aromatic carbocycles. The van der Waals surface area contributed by atoms with Gasteiger partial charge in [-0.3, -0.25) is 9.59 Å². The molecular weight excluding hydrogens is 417 g/mol. The number of hydrogen-bond donors (Lipinski definition) is 2. The Kier molecular flexibility index (Phi) is 4.95. The van der Waals surface area contributed by atoms with Crippen molar-refractivity contribution in [2.45, 2.75) is 18.9 Å². The second-order valence-electron chi connectivity index (χ2n) is 7.34. The van der Waals surface area contributed by atoms with Gasteiger partial charge in [0.2, 0.25) is 5.01 Å². The van der Waals surface area contributed by atoms with Gasteiger partial charge in [0.1, 0.15) is 16.5 Å². The van der Waals surface area contributed by atoms with Gasteiger partial charge in [-0.1, -0.05) is 35.6 Å². The van der Waals surface area contributed by atoms with Crippen molar-refractivity contribution in [1.29, 1.82) is 0 Å². The van der Waals surface area contributed by atoms with E-state index in [1.807, 2.05) is 30.3 Å². The number of H-pyrrole nitrogens is 1. The van der Waals surface area contributed by atoms with Crippen LogP contribution in [0.5, 0.6) is 0 Å². The van der Waals surface area contributed by atoms with E-state index in [9.17, 15) is 14.0 Å². The normalized spacial score (nSPS) is 16.0. The first-order valence-corrected chi connectivity index (χ1v) is 10.7. The van der Waals surface area contributed by atoms with E-state index < -0.39 is 11.7 Å². The van der Waals surface area contributed by atoms with Crippen LogP contribution in [0.25, 0.3) is 10.9 Å². The van der Waals surface area contributed by atoms with Crippen molar-refractivity contribution in [2.75, 3.05) is 11.9 Å². The summed E-state index contributed by atoms with van der Waals surface area (Å²) < 4.78 is 13.3. The summed E-state index contributed by atoms with van der Waals surface area (Å²) in [5.74, 6) is -0.992. The number of rotatable bonds is 4. The predicted octanol–water partition coefficient (Wildman–Crippen LogP) is 4.39. The van der Waals surface area contributed by atoms with Gasteiger partial charge >= 0.3 is 0 Å². The molecule has 1 saturated heterocycles. The standard InChI is InChI=1S/C22H18FN5O2S/c23-14-6-3-7-15(12-14)24-19(29)21-27-26-20(31-21)18-9-4-10-28(18)22(30)17-11-13-5-1-2-8-16(13)25-17/h1-3,5-8,11-12,18,25H,4,9-10H2,(H,24,29). The molecule has 1 aliphatic heterocycles. The molecule has 0 spiro atoms. The van der Waals surface area contributed by atoms with Gasteiger partial charge in [0.15, 0.2) is 0 Å². The number of aromatic nitrogens is 3. The van der Waals surface area contributed by atoms with E-state index in [1.54, 1.807) is 11.0 Å². The highest BCUT2D eigenvalue weighted by atomic mass is 32.1. The molecule has 2 amide bonds. The Morgan fingerprint density at radius 3 is 2.84 bits per heavy atom. The summed E-state index contributed by atoms with van der Waals surface area (Å²) in [7, 11) is 0. The lowest BCUT2D eigenvalue weighted by Gasteiger charge is -2.22. The van der Waals surface area contributed by atoms with Crippen molar-refractivity contribution < 1.29 is 14.0 Å².